The minimum atomic E-state index is -0.371. The zero-order chi connectivity index (χ0) is 26.1. The maximum Gasteiger partial charge on any atom is 0.267 e. The molecule has 1 aliphatic rings. The zero-order valence-electron chi connectivity index (χ0n) is 20.3. The van der Waals surface area contributed by atoms with Crippen LogP contribution in [0.25, 0.3) is 16.9 Å². The largest absolute Gasteiger partial charge is 0.317 e. The molecule has 10 heteroatoms. The first kappa shape index (κ1) is 24.0. The van der Waals surface area contributed by atoms with Crippen LogP contribution in [0.4, 0.5) is 11.5 Å². The van der Waals surface area contributed by atoms with Crippen molar-refractivity contribution in [2.75, 3.05) is 4.90 Å². The lowest BCUT2D eigenvalue weighted by molar-refractivity contribution is 0.698. The fraction of sp³-hybridized carbons (Fsp3) is 0.0714. The summed E-state index contributed by atoms with van der Waals surface area (Å²) in [7, 11) is 0. The van der Waals surface area contributed by atoms with Gasteiger partial charge >= 0.3 is 0 Å². The van der Waals surface area contributed by atoms with E-state index in [1.165, 1.54) is 17.3 Å². The highest BCUT2D eigenvalue weighted by atomic mass is 32.2. The Morgan fingerprint density at radius 2 is 1.66 bits per heavy atom. The van der Waals surface area contributed by atoms with E-state index < -0.39 is 0 Å². The molecule has 0 fully saturated rings. The summed E-state index contributed by atoms with van der Waals surface area (Å²) in [4.78, 5) is 21.0. The van der Waals surface area contributed by atoms with Gasteiger partial charge in [-0.15, -0.1) is 0 Å². The first-order chi connectivity index (χ1) is 18.6. The second-order valence-corrected chi connectivity index (χ2v) is 10.2. The van der Waals surface area contributed by atoms with E-state index in [9.17, 15) is 4.79 Å². The first-order valence-electron chi connectivity index (χ1n) is 11.9. The van der Waals surface area contributed by atoms with Crippen molar-refractivity contribution in [2.24, 2.45) is 5.10 Å². The number of para-hydroxylation sites is 2. The number of hydrogen-bond acceptors (Lipinski definition) is 7. The van der Waals surface area contributed by atoms with Crippen LogP contribution in [0, 0.1) is 11.7 Å². The molecule has 0 saturated carbocycles. The van der Waals surface area contributed by atoms with E-state index in [-0.39, 0.29) is 15.8 Å². The number of anilines is 2. The number of hydrogen-bond donors (Lipinski definition) is 3. The predicted octanol–water partition coefficient (Wildman–Crippen LogP) is 5.74. The van der Waals surface area contributed by atoms with Crippen molar-refractivity contribution in [1.29, 1.82) is 0 Å². The Morgan fingerprint density at radius 3 is 2.37 bits per heavy atom. The Hall–Kier alpha value is -4.41. The Kier molecular flexibility index (Phi) is 6.40. The molecule has 188 valence electrons. The molecule has 0 saturated heterocycles. The number of hydrazone groups is 1. The van der Waals surface area contributed by atoms with Crippen molar-refractivity contribution in [3.8, 4) is 16.9 Å². The summed E-state index contributed by atoms with van der Waals surface area (Å²) in [6, 6.07) is 28.0. The van der Waals surface area contributed by atoms with Crippen LogP contribution in [0.3, 0.4) is 0 Å². The predicted molar refractivity (Wildman–Crippen MR) is 155 cm³/mol. The van der Waals surface area contributed by atoms with Crippen LogP contribution < -0.4 is 15.9 Å². The number of benzene rings is 3. The maximum absolute atomic E-state index is 12.6. The summed E-state index contributed by atoms with van der Waals surface area (Å²) in [6.07, 6.45) is 3.73. The molecular formula is C28H23N7OS2. The van der Waals surface area contributed by atoms with Gasteiger partial charge in [0.25, 0.3) is 5.56 Å². The highest BCUT2D eigenvalue weighted by molar-refractivity contribution is 8.00. The number of aromatic amines is 2. The minimum Gasteiger partial charge on any atom is -0.317 e. The van der Waals surface area contributed by atoms with Crippen molar-refractivity contribution in [1.82, 2.24) is 25.2 Å². The monoisotopic (exact) mass is 537 g/mol. The van der Waals surface area contributed by atoms with Crippen LogP contribution in [0.1, 0.15) is 11.1 Å². The smallest absolute Gasteiger partial charge is 0.267 e. The van der Waals surface area contributed by atoms with Crippen LogP contribution in [-0.2, 0) is 0 Å². The van der Waals surface area contributed by atoms with E-state index in [0.29, 0.717) is 10.7 Å². The maximum atomic E-state index is 12.6. The summed E-state index contributed by atoms with van der Waals surface area (Å²) in [5.74, 6) is 0.639. The minimum absolute atomic E-state index is 0.228. The number of H-pyrrole nitrogens is 2. The van der Waals surface area contributed by atoms with E-state index in [1.54, 1.807) is 6.21 Å². The molecule has 1 aliphatic heterocycles. The molecular weight excluding hydrogens is 514 g/mol. The van der Waals surface area contributed by atoms with Gasteiger partial charge in [0.2, 0.25) is 0 Å². The Labute approximate surface area is 228 Å². The van der Waals surface area contributed by atoms with E-state index >= 15 is 0 Å². The van der Waals surface area contributed by atoms with Gasteiger partial charge in [-0.2, -0.15) is 10.2 Å². The molecule has 8 nitrogen and oxygen atoms in total. The third-order valence-electron chi connectivity index (χ3n) is 6.10. The quantitative estimate of drug-likeness (QED) is 0.145. The third kappa shape index (κ3) is 4.67. The fourth-order valence-electron chi connectivity index (χ4n) is 4.26. The highest BCUT2D eigenvalue weighted by Crippen LogP contribution is 2.43. The summed E-state index contributed by atoms with van der Waals surface area (Å²) in [5, 5.41) is 9.47. The average Bonchev–Trinajstić information content (AvgIpc) is 3.52. The van der Waals surface area contributed by atoms with Gasteiger partial charge in [0, 0.05) is 23.0 Å². The second kappa shape index (κ2) is 10.2. The standard InChI is InChI=1S/C28H23N7OS2/c1-18-12-14-19(15-13-18)23-20(17-34(33-23)21-8-4-2-5-9-21)16-29-32-28-35(22-10-6-3-7-11-22)25-24(38-28)26(36)31-27(37)30-25/h2-17,28,32H,1H3,(H2,30,31,36,37)/b29-16+. The number of nitrogens with one attached hydrogen (secondary N) is 3. The van der Waals surface area contributed by atoms with E-state index in [4.69, 9.17) is 17.3 Å². The highest BCUT2D eigenvalue weighted by Gasteiger charge is 2.34. The average molecular weight is 538 g/mol. The van der Waals surface area contributed by atoms with Crippen molar-refractivity contribution in [3.63, 3.8) is 0 Å². The third-order valence-corrected chi connectivity index (χ3v) is 7.45. The topological polar surface area (TPSA) is 94.1 Å². The molecule has 0 bridgehead atoms. The van der Waals surface area contributed by atoms with Crippen LogP contribution >= 0.6 is 24.0 Å². The number of rotatable bonds is 6. The van der Waals surface area contributed by atoms with Gasteiger partial charge in [-0.05, 0) is 43.4 Å². The Balaban J connectivity index is 1.34. The summed E-state index contributed by atoms with van der Waals surface area (Å²) in [5.41, 5.74) is 8.34. The number of nitrogens with zero attached hydrogens (tertiary/aromatic N) is 4. The molecule has 5 aromatic rings. The van der Waals surface area contributed by atoms with Gasteiger partial charge in [-0.1, -0.05) is 78.0 Å². The summed E-state index contributed by atoms with van der Waals surface area (Å²) in [6.45, 7) is 2.06. The lowest BCUT2D eigenvalue weighted by Gasteiger charge is -2.25. The molecule has 0 spiro atoms. The van der Waals surface area contributed by atoms with Crippen LogP contribution in [0.15, 0.2) is 106 Å². The molecule has 0 amide bonds. The lowest BCUT2D eigenvalue weighted by atomic mass is 10.1. The van der Waals surface area contributed by atoms with Crippen LogP contribution in [0.5, 0.6) is 0 Å². The van der Waals surface area contributed by atoms with Crippen molar-refractivity contribution < 1.29 is 0 Å². The molecule has 3 aromatic carbocycles. The molecule has 3 heterocycles. The molecule has 38 heavy (non-hydrogen) atoms. The van der Waals surface area contributed by atoms with Crippen molar-refractivity contribution >= 4 is 41.7 Å². The van der Waals surface area contributed by atoms with Gasteiger partial charge in [0.15, 0.2) is 10.3 Å². The lowest BCUT2D eigenvalue weighted by Crippen LogP contribution is -2.35. The normalized spacial score (nSPS) is 14.7. The summed E-state index contributed by atoms with van der Waals surface area (Å²) >= 11 is 6.61. The second-order valence-electron chi connectivity index (χ2n) is 8.73. The molecule has 6 rings (SSSR count). The molecule has 0 aliphatic carbocycles. The molecule has 3 N–H and O–H groups in total. The van der Waals surface area contributed by atoms with Gasteiger partial charge in [0.05, 0.1) is 11.9 Å². The number of aryl methyl sites for hydroxylation is 1. The fourth-order valence-corrected chi connectivity index (χ4v) is 5.54. The van der Waals surface area contributed by atoms with Gasteiger partial charge < -0.3 is 4.98 Å². The number of fused-ring (bicyclic) bond motifs is 1. The van der Waals surface area contributed by atoms with Crippen molar-refractivity contribution in [2.45, 2.75) is 17.3 Å². The SMILES string of the molecule is Cc1ccc(-c2nn(-c3ccccc3)cc2/C=N/NC2Sc3c([nH]c(=S)[nH]c3=O)N2c2ccccc2)cc1. The summed E-state index contributed by atoms with van der Waals surface area (Å²) < 4.78 is 2.13. The van der Waals surface area contributed by atoms with E-state index in [2.05, 4.69) is 51.7 Å². The molecule has 1 unspecified atom stereocenters. The molecule has 0 radical (unpaired) electrons. The Bertz CT molecular complexity index is 1730. The van der Waals surface area contributed by atoms with Crippen LogP contribution in [-0.4, -0.2) is 31.5 Å². The van der Waals surface area contributed by atoms with E-state index in [0.717, 1.165) is 28.2 Å². The van der Waals surface area contributed by atoms with Crippen LogP contribution in [0.2, 0.25) is 0 Å². The molecule has 2 aromatic heterocycles. The van der Waals surface area contributed by atoms with Crippen molar-refractivity contribution in [3.05, 3.63) is 117 Å². The van der Waals surface area contributed by atoms with Gasteiger partial charge in [0.1, 0.15) is 16.4 Å². The first-order valence-corrected chi connectivity index (χ1v) is 13.2. The van der Waals surface area contributed by atoms with E-state index in [1.807, 2.05) is 76.4 Å². The van der Waals surface area contributed by atoms with Gasteiger partial charge in [-0.3, -0.25) is 20.1 Å². The number of thioether (sulfide) groups is 1. The molecule has 1 atom stereocenters. The Morgan fingerprint density at radius 1 is 0.974 bits per heavy atom. The van der Waals surface area contributed by atoms with Gasteiger partial charge in [-0.25, -0.2) is 4.68 Å². The zero-order valence-corrected chi connectivity index (χ0v) is 22.0. The number of aromatic nitrogens is 4.